The second-order valence-electron chi connectivity index (χ2n) is 3.28. The number of rotatable bonds is 2. The summed E-state index contributed by atoms with van der Waals surface area (Å²) in [5.74, 6) is -0.528. The number of anilines is 2. The molecular weight excluding hydrogens is 243 g/mol. The SMILES string of the molecule is Cc1nc(N)sc1C(=O)Nc1ccc(F)cn1. The first-order valence-corrected chi connectivity index (χ1v) is 5.53. The molecule has 1 amide bonds. The van der Waals surface area contributed by atoms with Crippen molar-refractivity contribution in [3.05, 3.63) is 34.7 Å². The molecule has 0 unspecified atom stereocenters. The van der Waals surface area contributed by atoms with Crippen LogP contribution in [-0.4, -0.2) is 15.9 Å². The van der Waals surface area contributed by atoms with Gasteiger partial charge in [0, 0.05) is 0 Å². The van der Waals surface area contributed by atoms with E-state index < -0.39 is 5.82 Å². The number of hydrogen-bond acceptors (Lipinski definition) is 5. The number of nitrogens with two attached hydrogens (primary N) is 1. The molecule has 0 aliphatic carbocycles. The minimum atomic E-state index is -0.457. The molecule has 0 aliphatic heterocycles. The fraction of sp³-hybridized carbons (Fsp3) is 0.100. The van der Waals surface area contributed by atoms with Crippen molar-refractivity contribution in [3.8, 4) is 0 Å². The van der Waals surface area contributed by atoms with Crippen LogP contribution in [0.2, 0.25) is 0 Å². The molecule has 17 heavy (non-hydrogen) atoms. The molecule has 0 fully saturated rings. The van der Waals surface area contributed by atoms with E-state index in [2.05, 4.69) is 15.3 Å². The Labute approximate surface area is 101 Å². The average Bonchev–Trinajstić information content (AvgIpc) is 2.61. The maximum atomic E-state index is 12.6. The number of thiazole rings is 1. The van der Waals surface area contributed by atoms with Gasteiger partial charge in [0.25, 0.3) is 5.91 Å². The molecule has 0 atom stereocenters. The lowest BCUT2D eigenvalue weighted by Crippen LogP contribution is -2.12. The van der Waals surface area contributed by atoms with Crippen LogP contribution in [0.5, 0.6) is 0 Å². The summed E-state index contributed by atoms with van der Waals surface area (Å²) in [7, 11) is 0. The van der Waals surface area contributed by atoms with E-state index in [-0.39, 0.29) is 11.7 Å². The molecular formula is C10H9FN4OS. The number of carbonyl (C=O) groups excluding carboxylic acids is 1. The van der Waals surface area contributed by atoms with Gasteiger partial charge in [-0.2, -0.15) is 0 Å². The first-order valence-electron chi connectivity index (χ1n) is 4.72. The summed E-state index contributed by atoms with van der Waals surface area (Å²) in [5.41, 5.74) is 6.05. The highest BCUT2D eigenvalue weighted by molar-refractivity contribution is 7.17. The molecule has 0 radical (unpaired) electrons. The van der Waals surface area contributed by atoms with Crippen molar-refractivity contribution in [1.82, 2.24) is 9.97 Å². The van der Waals surface area contributed by atoms with Crippen LogP contribution in [0.1, 0.15) is 15.4 Å². The summed E-state index contributed by atoms with van der Waals surface area (Å²) in [6, 6.07) is 2.60. The predicted molar refractivity (Wildman–Crippen MR) is 63.4 cm³/mol. The summed E-state index contributed by atoms with van der Waals surface area (Å²) in [4.78, 5) is 19.9. The van der Waals surface area contributed by atoms with Crippen LogP contribution in [0.4, 0.5) is 15.3 Å². The van der Waals surface area contributed by atoms with Crippen LogP contribution in [0, 0.1) is 12.7 Å². The Kier molecular flexibility index (Phi) is 3.01. The van der Waals surface area contributed by atoms with E-state index >= 15 is 0 Å². The number of carbonyl (C=O) groups is 1. The summed E-state index contributed by atoms with van der Waals surface area (Å²) in [6.45, 7) is 1.69. The van der Waals surface area contributed by atoms with E-state index in [1.165, 1.54) is 12.1 Å². The van der Waals surface area contributed by atoms with Crippen molar-refractivity contribution in [1.29, 1.82) is 0 Å². The zero-order valence-electron chi connectivity index (χ0n) is 8.90. The maximum absolute atomic E-state index is 12.6. The van der Waals surface area contributed by atoms with Crippen molar-refractivity contribution in [3.63, 3.8) is 0 Å². The molecule has 2 rings (SSSR count). The minimum Gasteiger partial charge on any atom is -0.375 e. The van der Waals surface area contributed by atoms with Crippen molar-refractivity contribution >= 4 is 28.2 Å². The average molecular weight is 252 g/mol. The Morgan fingerprint density at radius 3 is 2.82 bits per heavy atom. The van der Waals surface area contributed by atoms with E-state index in [4.69, 9.17) is 5.73 Å². The number of aromatic nitrogens is 2. The monoisotopic (exact) mass is 252 g/mol. The number of halogens is 1. The predicted octanol–water partition coefficient (Wildman–Crippen LogP) is 1.82. The van der Waals surface area contributed by atoms with Crippen LogP contribution >= 0.6 is 11.3 Å². The molecule has 2 aromatic heterocycles. The highest BCUT2D eigenvalue weighted by Crippen LogP contribution is 2.20. The molecule has 2 heterocycles. The Morgan fingerprint density at radius 1 is 1.53 bits per heavy atom. The zero-order valence-corrected chi connectivity index (χ0v) is 9.71. The van der Waals surface area contributed by atoms with E-state index in [0.717, 1.165) is 17.5 Å². The number of nitrogen functional groups attached to an aromatic ring is 1. The van der Waals surface area contributed by atoms with E-state index in [1.807, 2.05) is 0 Å². The number of nitrogens with one attached hydrogen (secondary N) is 1. The second-order valence-corrected chi connectivity index (χ2v) is 4.31. The molecule has 0 saturated heterocycles. The van der Waals surface area contributed by atoms with Gasteiger partial charge in [0.05, 0.1) is 11.9 Å². The van der Waals surface area contributed by atoms with Gasteiger partial charge in [-0.15, -0.1) is 0 Å². The molecule has 0 spiro atoms. The van der Waals surface area contributed by atoms with Gasteiger partial charge < -0.3 is 11.1 Å². The fourth-order valence-corrected chi connectivity index (χ4v) is 1.98. The van der Waals surface area contributed by atoms with E-state index in [9.17, 15) is 9.18 Å². The highest BCUT2D eigenvalue weighted by atomic mass is 32.1. The van der Waals surface area contributed by atoms with Crippen molar-refractivity contribution in [2.24, 2.45) is 0 Å². The molecule has 2 aromatic rings. The van der Waals surface area contributed by atoms with Crippen molar-refractivity contribution in [2.75, 3.05) is 11.1 Å². The summed E-state index contributed by atoms with van der Waals surface area (Å²) >= 11 is 1.10. The van der Waals surface area contributed by atoms with Gasteiger partial charge >= 0.3 is 0 Å². The largest absolute Gasteiger partial charge is 0.375 e. The van der Waals surface area contributed by atoms with Gasteiger partial charge in [-0.05, 0) is 19.1 Å². The van der Waals surface area contributed by atoms with Crippen LogP contribution in [0.25, 0.3) is 0 Å². The van der Waals surface area contributed by atoms with E-state index in [0.29, 0.717) is 15.7 Å². The summed E-state index contributed by atoms with van der Waals surface area (Å²) in [5, 5.41) is 2.87. The smallest absolute Gasteiger partial charge is 0.268 e. The summed E-state index contributed by atoms with van der Waals surface area (Å²) < 4.78 is 12.6. The van der Waals surface area contributed by atoms with Gasteiger partial charge in [0.1, 0.15) is 16.5 Å². The van der Waals surface area contributed by atoms with Crippen LogP contribution < -0.4 is 11.1 Å². The highest BCUT2D eigenvalue weighted by Gasteiger charge is 2.14. The number of hydrogen-bond donors (Lipinski definition) is 2. The van der Waals surface area contributed by atoms with Gasteiger partial charge in [-0.25, -0.2) is 14.4 Å². The third-order valence-corrected chi connectivity index (χ3v) is 2.97. The van der Waals surface area contributed by atoms with Crippen LogP contribution in [0.15, 0.2) is 18.3 Å². The molecule has 5 nitrogen and oxygen atoms in total. The standard InChI is InChI=1S/C10H9FN4OS/c1-5-8(17-10(12)14-5)9(16)15-7-3-2-6(11)4-13-7/h2-4H,1H3,(H2,12,14)(H,13,15,16). The molecule has 0 saturated carbocycles. The Balaban J connectivity index is 2.17. The molecule has 88 valence electrons. The molecule has 0 bridgehead atoms. The maximum Gasteiger partial charge on any atom is 0.268 e. The summed E-state index contributed by atoms with van der Waals surface area (Å²) in [6.07, 6.45) is 1.03. The third-order valence-electron chi connectivity index (χ3n) is 1.99. The minimum absolute atomic E-state index is 0.280. The Hall–Kier alpha value is -2.02. The topological polar surface area (TPSA) is 80.9 Å². The lowest BCUT2D eigenvalue weighted by molar-refractivity contribution is 0.102. The van der Waals surface area contributed by atoms with Gasteiger partial charge in [-0.1, -0.05) is 11.3 Å². The van der Waals surface area contributed by atoms with Crippen LogP contribution in [0.3, 0.4) is 0 Å². The first-order chi connectivity index (χ1) is 8.06. The third kappa shape index (κ3) is 2.56. The molecule has 3 N–H and O–H groups in total. The van der Waals surface area contributed by atoms with Crippen molar-refractivity contribution < 1.29 is 9.18 Å². The van der Waals surface area contributed by atoms with Crippen LogP contribution in [-0.2, 0) is 0 Å². The number of pyridine rings is 1. The fourth-order valence-electron chi connectivity index (χ4n) is 1.25. The normalized spacial score (nSPS) is 10.2. The lowest BCUT2D eigenvalue weighted by Gasteiger charge is -2.02. The quantitative estimate of drug-likeness (QED) is 0.854. The molecule has 7 heteroatoms. The number of nitrogens with zero attached hydrogens (tertiary/aromatic N) is 2. The second kappa shape index (κ2) is 4.46. The Morgan fingerprint density at radius 2 is 2.29 bits per heavy atom. The van der Waals surface area contributed by atoms with Crippen molar-refractivity contribution in [2.45, 2.75) is 6.92 Å². The lowest BCUT2D eigenvalue weighted by atomic mass is 10.3. The van der Waals surface area contributed by atoms with Gasteiger partial charge in [0.2, 0.25) is 0 Å². The number of amides is 1. The first kappa shape index (κ1) is 11.5. The Bertz CT molecular complexity index is 552. The number of aryl methyl sites for hydroxylation is 1. The molecule has 0 aromatic carbocycles. The van der Waals surface area contributed by atoms with Gasteiger partial charge in [0.15, 0.2) is 5.13 Å². The van der Waals surface area contributed by atoms with E-state index in [1.54, 1.807) is 6.92 Å². The zero-order chi connectivity index (χ0) is 12.4. The van der Waals surface area contributed by atoms with Gasteiger partial charge in [-0.3, -0.25) is 4.79 Å². The molecule has 0 aliphatic rings.